The number of carbonyl (C=O) groups excluding carboxylic acids is 1. The second kappa shape index (κ2) is 7.39. The van der Waals surface area contributed by atoms with Crippen molar-refractivity contribution in [2.24, 2.45) is 5.92 Å². The molecule has 1 saturated carbocycles. The quantitative estimate of drug-likeness (QED) is 0.844. The van der Waals surface area contributed by atoms with E-state index in [4.69, 9.17) is 5.73 Å². The van der Waals surface area contributed by atoms with E-state index in [1.54, 1.807) is 0 Å². The molecule has 1 aliphatic carbocycles. The Balaban J connectivity index is 1.31. The zero-order valence-electron chi connectivity index (χ0n) is 15.7. The minimum absolute atomic E-state index is 0.173. The fraction of sp³-hybridized carbons (Fsp3) is 0.737. The lowest BCUT2D eigenvalue weighted by atomic mass is 9.93. The molecule has 2 aliphatic heterocycles. The Morgan fingerprint density at radius 3 is 2.62 bits per heavy atom. The molecular formula is C19H30N6O. The highest BCUT2D eigenvalue weighted by Crippen LogP contribution is 2.27. The molecule has 3 N–H and O–H groups in total. The topological polar surface area (TPSA) is 87.4 Å². The van der Waals surface area contributed by atoms with Gasteiger partial charge in [-0.05, 0) is 52.0 Å². The summed E-state index contributed by atoms with van der Waals surface area (Å²) in [6, 6.07) is 3.04. The molecule has 142 valence electrons. The van der Waals surface area contributed by atoms with E-state index in [-0.39, 0.29) is 11.8 Å². The van der Waals surface area contributed by atoms with Crippen molar-refractivity contribution in [3.8, 4) is 0 Å². The summed E-state index contributed by atoms with van der Waals surface area (Å²) in [5.41, 5.74) is 6.71. The van der Waals surface area contributed by atoms with Gasteiger partial charge in [0, 0.05) is 43.5 Å². The Morgan fingerprint density at radius 2 is 1.92 bits per heavy atom. The number of nitrogens with zero attached hydrogens (tertiary/aromatic N) is 4. The second-order valence-corrected chi connectivity index (χ2v) is 8.06. The molecular weight excluding hydrogens is 328 g/mol. The van der Waals surface area contributed by atoms with Crippen LogP contribution in [0.4, 0.5) is 11.8 Å². The Kier molecular flexibility index (Phi) is 4.98. The van der Waals surface area contributed by atoms with Gasteiger partial charge in [-0.15, -0.1) is 0 Å². The van der Waals surface area contributed by atoms with Crippen LogP contribution in [0.2, 0.25) is 0 Å². The first-order valence-electron chi connectivity index (χ1n) is 9.99. The van der Waals surface area contributed by atoms with Crippen molar-refractivity contribution in [3.05, 3.63) is 11.8 Å². The summed E-state index contributed by atoms with van der Waals surface area (Å²) in [6.45, 7) is 5.96. The first kappa shape index (κ1) is 17.5. The molecule has 0 aromatic carbocycles. The molecule has 1 atom stereocenters. The number of carbonyl (C=O) groups is 1. The minimum atomic E-state index is 0.173. The van der Waals surface area contributed by atoms with E-state index in [9.17, 15) is 4.79 Å². The van der Waals surface area contributed by atoms with E-state index in [2.05, 4.69) is 25.1 Å². The Labute approximate surface area is 155 Å². The van der Waals surface area contributed by atoms with Gasteiger partial charge in [-0.1, -0.05) is 0 Å². The molecule has 0 spiro atoms. The highest BCUT2D eigenvalue weighted by Gasteiger charge is 2.33. The third kappa shape index (κ3) is 4.09. The predicted octanol–water partition coefficient (Wildman–Crippen LogP) is 1.33. The maximum Gasteiger partial charge on any atom is 0.224 e. The number of likely N-dealkylation sites (tertiary alicyclic amines) is 1. The number of rotatable bonds is 4. The van der Waals surface area contributed by atoms with E-state index >= 15 is 0 Å². The van der Waals surface area contributed by atoms with Crippen molar-refractivity contribution in [1.29, 1.82) is 0 Å². The van der Waals surface area contributed by atoms with E-state index in [0.717, 1.165) is 76.2 Å². The Morgan fingerprint density at radius 1 is 1.15 bits per heavy atom. The van der Waals surface area contributed by atoms with Gasteiger partial charge in [-0.25, -0.2) is 4.98 Å². The molecule has 7 heteroatoms. The summed E-state index contributed by atoms with van der Waals surface area (Å²) in [7, 11) is 0. The van der Waals surface area contributed by atoms with Crippen LogP contribution in [0.25, 0.3) is 0 Å². The second-order valence-electron chi connectivity index (χ2n) is 8.06. The molecule has 1 amide bonds. The van der Waals surface area contributed by atoms with E-state index in [0.29, 0.717) is 18.0 Å². The Hall–Kier alpha value is -1.89. The number of hydrogen-bond acceptors (Lipinski definition) is 6. The lowest BCUT2D eigenvalue weighted by Gasteiger charge is -2.42. The normalized spacial score (nSPS) is 25.3. The third-order valence-electron chi connectivity index (χ3n) is 5.91. The molecule has 7 nitrogen and oxygen atoms in total. The molecule has 3 heterocycles. The van der Waals surface area contributed by atoms with E-state index in [1.807, 2.05) is 13.0 Å². The molecule has 1 aromatic rings. The number of nitrogens with one attached hydrogen (secondary N) is 1. The van der Waals surface area contributed by atoms with Gasteiger partial charge in [0.25, 0.3) is 0 Å². The first-order valence-corrected chi connectivity index (χ1v) is 9.99. The third-order valence-corrected chi connectivity index (χ3v) is 5.91. The zero-order chi connectivity index (χ0) is 18.1. The maximum atomic E-state index is 12.4. The monoisotopic (exact) mass is 358 g/mol. The van der Waals surface area contributed by atoms with Crippen LogP contribution in [0.1, 0.15) is 44.2 Å². The predicted molar refractivity (Wildman–Crippen MR) is 102 cm³/mol. The highest BCUT2D eigenvalue weighted by molar-refractivity contribution is 5.79. The summed E-state index contributed by atoms with van der Waals surface area (Å²) in [5, 5.41) is 3.19. The summed E-state index contributed by atoms with van der Waals surface area (Å²) >= 11 is 0. The summed E-state index contributed by atoms with van der Waals surface area (Å²) in [5.74, 6) is 1.74. The number of nitrogen functional groups attached to an aromatic ring is 1. The first-order chi connectivity index (χ1) is 12.6. The van der Waals surface area contributed by atoms with Crippen LogP contribution in [0.3, 0.4) is 0 Å². The molecule has 3 aliphatic rings. The molecule has 0 bridgehead atoms. The molecule has 4 rings (SSSR count). The number of amides is 1. The fourth-order valence-electron chi connectivity index (χ4n) is 4.30. The molecule has 26 heavy (non-hydrogen) atoms. The molecule has 0 radical (unpaired) electrons. The van der Waals surface area contributed by atoms with Crippen LogP contribution < -0.4 is 16.0 Å². The van der Waals surface area contributed by atoms with Crippen molar-refractivity contribution < 1.29 is 4.79 Å². The number of nitrogens with two attached hydrogens (primary N) is 1. The van der Waals surface area contributed by atoms with Gasteiger partial charge in [-0.2, -0.15) is 4.98 Å². The largest absolute Gasteiger partial charge is 0.368 e. The molecule has 2 saturated heterocycles. The van der Waals surface area contributed by atoms with Gasteiger partial charge in [0.2, 0.25) is 11.9 Å². The maximum absolute atomic E-state index is 12.4. The molecule has 1 aromatic heterocycles. The van der Waals surface area contributed by atoms with Crippen LogP contribution in [-0.2, 0) is 4.79 Å². The van der Waals surface area contributed by atoms with Gasteiger partial charge < -0.3 is 16.0 Å². The fourth-order valence-corrected chi connectivity index (χ4v) is 4.30. The smallest absolute Gasteiger partial charge is 0.224 e. The van der Waals surface area contributed by atoms with Gasteiger partial charge in [0.15, 0.2) is 0 Å². The lowest BCUT2D eigenvalue weighted by Crippen LogP contribution is -2.51. The number of hydrogen-bond donors (Lipinski definition) is 2. The molecule has 3 fully saturated rings. The van der Waals surface area contributed by atoms with Crippen molar-refractivity contribution in [2.45, 2.75) is 57.5 Å². The van der Waals surface area contributed by atoms with Crippen molar-refractivity contribution in [2.75, 3.05) is 36.8 Å². The highest BCUT2D eigenvalue weighted by atomic mass is 16.2. The van der Waals surface area contributed by atoms with Crippen LogP contribution in [0, 0.1) is 12.8 Å². The number of aromatic nitrogens is 2. The van der Waals surface area contributed by atoms with Crippen LogP contribution >= 0.6 is 0 Å². The van der Waals surface area contributed by atoms with Crippen molar-refractivity contribution >= 4 is 17.7 Å². The minimum Gasteiger partial charge on any atom is -0.368 e. The zero-order valence-corrected chi connectivity index (χ0v) is 15.7. The van der Waals surface area contributed by atoms with Gasteiger partial charge in [-0.3, -0.25) is 9.69 Å². The lowest BCUT2D eigenvalue weighted by molar-refractivity contribution is -0.127. The van der Waals surface area contributed by atoms with Crippen LogP contribution in [0.5, 0.6) is 0 Å². The average molecular weight is 358 g/mol. The van der Waals surface area contributed by atoms with Gasteiger partial charge in [0.05, 0.1) is 5.92 Å². The van der Waals surface area contributed by atoms with E-state index < -0.39 is 0 Å². The van der Waals surface area contributed by atoms with Crippen molar-refractivity contribution in [3.63, 3.8) is 0 Å². The SMILES string of the molecule is Cc1cc(N2CCC(N3CCCC(C(=O)NC4CC4)C3)CC2)nc(N)n1. The van der Waals surface area contributed by atoms with Crippen LogP contribution in [-0.4, -0.2) is 59.0 Å². The Bertz CT molecular complexity index is 633. The van der Waals surface area contributed by atoms with Gasteiger partial charge in [0.1, 0.15) is 5.82 Å². The molecule has 1 unspecified atom stereocenters. The van der Waals surface area contributed by atoms with Crippen molar-refractivity contribution in [1.82, 2.24) is 20.2 Å². The summed E-state index contributed by atoms with van der Waals surface area (Å²) in [6.07, 6.45) is 6.71. The number of anilines is 2. The number of aryl methyl sites for hydroxylation is 1. The average Bonchev–Trinajstić information content (AvgIpc) is 3.45. The number of piperidine rings is 2. The summed E-state index contributed by atoms with van der Waals surface area (Å²) in [4.78, 5) is 25.8. The summed E-state index contributed by atoms with van der Waals surface area (Å²) < 4.78 is 0. The van der Waals surface area contributed by atoms with E-state index in [1.165, 1.54) is 0 Å². The van der Waals surface area contributed by atoms with Gasteiger partial charge >= 0.3 is 0 Å². The van der Waals surface area contributed by atoms with Crippen LogP contribution in [0.15, 0.2) is 6.07 Å². The standard InChI is InChI=1S/C19H30N6O/c1-13-11-17(23-19(20)21-13)24-9-6-16(7-10-24)25-8-2-3-14(12-25)18(26)22-15-4-5-15/h11,14-16H,2-10,12H2,1H3,(H,22,26)(H2,20,21,23).